The van der Waals surface area contributed by atoms with Gasteiger partial charge in [0.15, 0.2) is 5.96 Å². The van der Waals surface area contributed by atoms with Gasteiger partial charge in [-0.15, -0.1) is 24.0 Å². The number of nitrogens with one attached hydrogen (secondary N) is 2. The normalized spacial score (nSPS) is 21.4. The minimum absolute atomic E-state index is 0. The van der Waals surface area contributed by atoms with Crippen molar-refractivity contribution < 1.29 is 8.42 Å². The average molecular weight is 521 g/mol. The zero-order valence-corrected chi connectivity index (χ0v) is 19.7. The summed E-state index contributed by atoms with van der Waals surface area (Å²) in [5, 5.41) is 3.29. The number of benzene rings is 1. The second-order valence-electron chi connectivity index (χ2n) is 7.17. The van der Waals surface area contributed by atoms with Gasteiger partial charge in [-0.3, -0.25) is 9.89 Å². The number of piperidine rings is 1. The van der Waals surface area contributed by atoms with E-state index in [0.717, 1.165) is 19.0 Å². The van der Waals surface area contributed by atoms with Crippen molar-refractivity contribution >= 4 is 40.0 Å². The van der Waals surface area contributed by atoms with Crippen LogP contribution in [0.25, 0.3) is 0 Å². The largest absolute Gasteiger partial charge is 0.355 e. The summed E-state index contributed by atoms with van der Waals surface area (Å²) in [5.74, 6) is 0.855. The first-order chi connectivity index (χ1) is 13.1. The highest BCUT2D eigenvalue weighted by Gasteiger charge is 2.29. The van der Waals surface area contributed by atoms with Crippen LogP contribution in [0.4, 0.5) is 0 Å². The standard InChI is InChI=1S/C19H31N5O2S.HI/c1-20-19(24-15-10-17(16-24)23-13-6-3-7-14-23)21-11-12-22-27(25,26)18-8-4-2-5-9-18;/h2,4-5,8-9,17,22H,3,6-7,10-16H2,1H3,(H,20,21);1H. The Morgan fingerprint density at radius 1 is 1.11 bits per heavy atom. The molecule has 158 valence electrons. The molecule has 1 aromatic rings. The van der Waals surface area contributed by atoms with Gasteiger partial charge >= 0.3 is 0 Å². The SMILES string of the molecule is CN=C(NCCNS(=O)(=O)c1ccccc1)N1CCC(N2CCCCC2)C1.I. The Morgan fingerprint density at radius 3 is 2.50 bits per heavy atom. The van der Waals surface area contributed by atoms with Crippen LogP contribution in [0, 0.1) is 0 Å². The van der Waals surface area contributed by atoms with Crippen LogP contribution in [0.2, 0.25) is 0 Å². The summed E-state index contributed by atoms with van der Waals surface area (Å²) in [5.41, 5.74) is 0. The third-order valence-corrected chi connectivity index (χ3v) is 6.81. The molecule has 0 aliphatic carbocycles. The maximum atomic E-state index is 12.2. The molecule has 2 aliphatic heterocycles. The van der Waals surface area contributed by atoms with Crippen molar-refractivity contribution in [1.29, 1.82) is 0 Å². The van der Waals surface area contributed by atoms with E-state index in [-0.39, 0.29) is 24.0 Å². The lowest BCUT2D eigenvalue weighted by atomic mass is 10.1. The number of halogens is 1. The number of aliphatic imine (C=N–C) groups is 1. The number of nitrogens with zero attached hydrogens (tertiary/aromatic N) is 3. The first kappa shape index (κ1) is 23.4. The van der Waals surface area contributed by atoms with Gasteiger partial charge in [-0.1, -0.05) is 24.6 Å². The van der Waals surface area contributed by atoms with Crippen LogP contribution in [0.3, 0.4) is 0 Å². The van der Waals surface area contributed by atoms with Crippen molar-refractivity contribution in [3.8, 4) is 0 Å². The van der Waals surface area contributed by atoms with Crippen molar-refractivity contribution in [2.75, 3.05) is 46.3 Å². The molecular formula is C19H32IN5O2S. The fourth-order valence-electron chi connectivity index (χ4n) is 3.89. The highest BCUT2D eigenvalue weighted by Crippen LogP contribution is 2.20. The molecular weight excluding hydrogens is 489 g/mol. The summed E-state index contributed by atoms with van der Waals surface area (Å²) in [4.78, 5) is 9.57. The Labute approximate surface area is 186 Å². The zero-order valence-electron chi connectivity index (χ0n) is 16.5. The van der Waals surface area contributed by atoms with Crippen molar-refractivity contribution in [2.24, 2.45) is 4.99 Å². The molecule has 2 saturated heterocycles. The van der Waals surface area contributed by atoms with Gasteiger partial charge < -0.3 is 10.2 Å². The Bertz CT molecular complexity index is 723. The van der Waals surface area contributed by atoms with E-state index >= 15 is 0 Å². The van der Waals surface area contributed by atoms with Crippen LogP contribution in [-0.2, 0) is 10.0 Å². The molecule has 1 aromatic carbocycles. The monoisotopic (exact) mass is 521 g/mol. The molecule has 0 radical (unpaired) electrons. The number of hydrogen-bond acceptors (Lipinski definition) is 4. The number of likely N-dealkylation sites (tertiary alicyclic amines) is 2. The van der Waals surface area contributed by atoms with E-state index < -0.39 is 10.0 Å². The van der Waals surface area contributed by atoms with E-state index in [1.165, 1.54) is 38.8 Å². The Kier molecular flexibility index (Phi) is 9.45. The number of hydrogen-bond donors (Lipinski definition) is 2. The van der Waals surface area contributed by atoms with Gasteiger partial charge in [0.05, 0.1) is 4.90 Å². The van der Waals surface area contributed by atoms with Crippen molar-refractivity contribution in [2.45, 2.75) is 36.6 Å². The maximum absolute atomic E-state index is 12.2. The molecule has 1 atom stereocenters. The first-order valence-electron chi connectivity index (χ1n) is 9.84. The molecule has 9 heteroatoms. The first-order valence-corrected chi connectivity index (χ1v) is 11.3. The van der Waals surface area contributed by atoms with E-state index in [0.29, 0.717) is 24.0 Å². The van der Waals surface area contributed by atoms with Gasteiger partial charge in [-0.05, 0) is 44.5 Å². The Hall–Kier alpha value is -0.910. The van der Waals surface area contributed by atoms with Crippen molar-refractivity contribution in [1.82, 2.24) is 19.8 Å². The minimum atomic E-state index is -3.46. The van der Waals surface area contributed by atoms with Gasteiger partial charge in [0.2, 0.25) is 10.0 Å². The van der Waals surface area contributed by atoms with E-state index in [2.05, 4.69) is 24.8 Å². The smallest absolute Gasteiger partial charge is 0.240 e. The van der Waals surface area contributed by atoms with Crippen LogP contribution >= 0.6 is 24.0 Å². The van der Waals surface area contributed by atoms with Crippen LogP contribution < -0.4 is 10.0 Å². The topological polar surface area (TPSA) is 77.0 Å². The molecule has 2 heterocycles. The third-order valence-electron chi connectivity index (χ3n) is 5.34. The molecule has 0 amide bonds. The van der Waals surface area contributed by atoms with E-state index in [1.54, 1.807) is 37.4 Å². The number of rotatable bonds is 6. The Morgan fingerprint density at radius 2 is 1.82 bits per heavy atom. The van der Waals surface area contributed by atoms with E-state index in [1.807, 2.05) is 0 Å². The molecule has 0 aromatic heterocycles. The van der Waals surface area contributed by atoms with Crippen LogP contribution in [0.1, 0.15) is 25.7 Å². The molecule has 28 heavy (non-hydrogen) atoms. The highest BCUT2D eigenvalue weighted by atomic mass is 127. The van der Waals surface area contributed by atoms with Crippen molar-refractivity contribution in [3.63, 3.8) is 0 Å². The fraction of sp³-hybridized carbons (Fsp3) is 0.632. The maximum Gasteiger partial charge on any atom is 0.240 e. The lowest BCUT2D eigenvalue weighted by molar-refractivity contribution is 0.168. The average Bonchev–Trinajstić information content (AvgIpc) is 3.19. The molecule has 0 saturated carbocycles. The van der Waals surface area contributed by atoms with E-state index in [4.69, 9.17) is 0 Å². The molecule has 2 aliphatic rings. The summed E-state index contributed by atoms with van der Waals surface area (Å²) in [6.07, 6.45) is 5.15. The van der Waals surface area contributed by atoms with Gasteiger partial charge in [0, 0.05) is 39.3 Å². The van der Waals surface area contributed by atoms with E-state index in [9.17, 15) is 8.42 Å². The zero-order chi connectivity index (χ0) is 19.1. The summed E-state index contributed by atoms with van der Waals surface area (Å²) < 4.78 is 27.1. The summed E-state index contributed by atoms with van der Waals surface area (Å²) in [7, 11) is -1.67. The fourth-order valence-corrected chi connectivity index (χ4v) is 4.94. The molecule has 3 rings (SSSR count). The molecule has 7 nitrogen and oxygen atoms in total. The van der Waals surface area contributed by atoms with Gasteiger partial charge in [-0.25, -0.2) is 13.1 Å². The Balaban J connectivity index is 0.00000280. The minimum Gasteiger partial charge on any atom is -0.355 e. The lowest BCUT2D eigenvalue weighted by Crippen LogP contribution is -2.46. The van der Waals surface area contributed by atoms with Crippen LogP contribution in [0.15, 0.2) is 40.2 Å². The van der Waals surface area contributed by atoms with Gasteiger partial charge in [0.25, 0.3) is 0 Å². The van der Waals surface area contributed by atoms with Gasteiger partial charge in [0.1, 0.15) is 0 Å². The predicted molar refractivity (Wildman–Crippen MR) is 124 cm³/mol. The molecule has 1 unspecified atom stereocenters. The third kappa shape index (κ3) is 6.30. The molecule has 0 spiro atoms. The predicted octanol–water partition coefficient (Wildman–Crippen LogP) is 1.72. The summed E-state index contributed by atoms with van der Waals surface area (Å²) in [6, 6.07) is 9.05. The summed E-state index contributed by atoms with van der Waals surface area (Å²) in [6.45, 7) is 5.24. The van der Waals surface area contributed by atoms with Gasteiger partial charge in [-0.2, -0.15) is 0 Å². The molecule has 2 fully saturated rings. The quantitative estimate of drug-likeness (QED) is 0.258. The van der Waals surface area contributed by atoms with Crippen LogP contribution in [-0.4, -0.2) is 76.5 Å². The number of sulfonamides is 1. The second-order valence-corrected chi connectivity index (χ2v) is 8.94. The van der Waals surface area contributed by atoms with Crippen LogP contribution in [0.5, 0.6) is 0 Å². The highest BCUT2D eigenvalue weighted by molar-refractivity contribution is 14.0. The lowest BCUT2D eigenvalue weighted by Gasteiger charge is -2.32. The second kappa shape index (κ2) is 11.3. The molecule has 2 N–H and O–H groups in total. The van der Waals surface area contributed by atoms with Crippen molar-refractivity contribution in [3.05, 3.63) is 30.3 Å². The molecule has 0 bridgehead atoms. The number of guanidine groups is 1. The summed E-state index contributed by atoms with van der Waals surface area (Å²) >= 11 is 0.